The van der Waals surface area contributed by atoms with Crippen LogP contribution in [0.5, 0.6) is 0 Å². The fraction of sp³-hybridized carbons (Fsp3) is 0.312. The minimum atomic E-state index is -0.373. The molecule has 3 aromatic carbocycles. The first-order valence-corrected chi connectivity index (χ1v) is 15.1. The maximum absolute atomic E-state index is 13.0. The number of benzene rings is 3. The van der Waals surface area contributed by atoms with E-state index in [4.69, 9.17) is 21.3 Å². The van der Waals surface area contributed by atoms with E-state index in [1.807, 2.05) is 36.6 Å². The van der Waals surface area contributed by atoms with Gasteiger partial charge >= 0.3 is 6.09 Å². The number of aromatic nitrogens is 2. The molecule has 0 aliphatic carbocycles. The fourth-order valence-electron chi connectivity index (χ4n) is 5.78. The largest absolute Gasteiger partial charge is 0.445 e. The van der Waals surface area contributed by atoms with E-state index in [1.165, 1.54) is 33.8 Å². The lowest BCUT2D eigenvalue weighted by atomic mass is 10.0. The molecule has 3 heterocycles. The maximum atomic E-state index is 13.0. The molecule has 9 heteroatoms. The molecule has 1 saturated heterocycles. The van der Waals surface area contributed by atoms with Crippen LogP contribution in [0, 0.1) is 6.57 Å². The molecule has 1 amide bonds. The summed E-state index contributed by atoms with van der Waals surface area (Å²) in [5, 5.41) is 3.22. The molecule has 2 aliphatic rings. The van der Waals surface area contributed by atoms with Gasteiger partial charge in [0.2, 0.25) is 6.54 Å². The summed E-state index contributed by atoms with van der Waals surface area (Å²) in [6, 6.07) is 24.3. The van der Waals surface area contributed by atoms with Crippen LogP contribution in [0.4, 0.5) is 16.3 Å². The average molecular weight is 565 g/mol. The van der Waals surface area contributed by atoms with Crippen LogP contribution in [0.2, 0.25) is 0 Å². The monoisotopic (exact) mass is 564 g/mol. The molecule has 41 heavy (non-hydrogen) atoms. The Bertz CT molecular complexity index is 1590. The fourth-order valence-corrected chi connectivity index (χ4v) is 6.16. The second-order valence-corrected chi connectivity index (χ2v) is 11.1. The maximum Gasteiger partial charge on any atom is 0.410 e. The number of ether oxygens (including phenoxy) is 1. The van der Waals surface area contributed by atoms with Gasteiger partial charge in [-0.25, -0.2) is 21.3 Å². The van der Waals surface area contributed by atoms with Crippen LogP contribution in [-0.2, 0) is 24.3 Å². The first kappa shape index (κ1) is 26.9. The number of rotatable bonds is 6. The minimum Gasteiger partial charge on any atom is -0.445 e. The van der Waals surface area contributed by atoms with Crippen molar-refractivity contribution in [3.63, 3.8) is 0 Å². The van der Waals surface area contributed by atoms with Gasteiger partial charge in [-0.3, -0.25) is 4.90 Å². The second kappa shape index (κ2) is 12.1. The average Bonchev–Trinajstić information content (AvgIpc) is 3.03. The molecule has 8 nitrogen and oxygen atoms in total. The van der Waals surface area contributed by atoms with Gasteiger partial charge in [0.25, 0.3) is 0 Å². The number of fused-ring (bicyclic) bond motifs is 2. The number of anilines is 2. The van der Waals surface area contributed by atoms with Crippen molar-refractivity contribution in [1.29, 1.82) is 0 Å². The zero-order chi connectivity index (χ0) is 28.2. The highest BCUT2D eigenvalue weighted by molar-refractivity contribution is 7.98. The summed E-state index contributed by atoms with van der Waals surface area (Å²) in [6.45, 7) is 11.2. The number of hydrogen-bond acceptors (Lipinski definition) is 7. The number of piperazine rings is 1. The third-order valence-electron chi connectivity index (χ3n) is 7.84. The van der Waals surface area contributed by atoms with Crippen LogP contribution >= 0.6 is 11.8 Å². The second-order valence-electron chi connectivity index (χ2n) is 10.3. The van der Waals surface area contributed by atoms with Crippen molar-refractivity contribution >= 4 is 40.1 Å². The predicted octanol–water partition coefficient (Wildman–Crippen LogP) is 5.66. The van der Waals surface area contributed by atoms with Crippen LogP contribution in [0.3, 0.4) is 0 Å². The van der Waals surface area contributed by atoms with Gasteiger partial charge in [0.15, 0.2) is 5.16 Å². The quantitative estimate of drug-likeness (QED) is 0.170. The molecular weight excluding hydrogens is 532 g/mol. The molecule has 0 bridgehead atoms. The Hall–Kier alpha value is -4.29. The third kappa shape index (κ3) is 5.66. The standard InChI is InChI=1S/C32H32N6O2S/c1-33-19-25-20-37(17-18-38(25)32(39)40-22-23-9-4-3-5-10-23)30-27-15-16-36(21-28(27)34-31(35-30)41-2)29-14-8-12-24-11-6-7-13-26(24)29/h3-14,25H,15-22H2,2H3/t25-/m0/s1. The van der Waals surface area contributed by atoms with Crippen molar-refractivity contribution < 1.29 is 9.53 Å². The van der Waals surface area contributed by atoms with Crippen molar-refractivity contribution in [1.82, 2.24) is 14.9 Å². The molecule has 4 aromatic rings. The number of amides is 1. The summed E-state index contributed by atoms with van der Waals surface area (Å²) in [4.78, 5) is 33.0. The van der Waals surface area contributed by atoms with Gasteiger partial charge in [0.05, 0.1) is 12.2 Å². The van der Waals surface area contributed by atoms with Crippen molar-refractivity contribution in [2.24, 2.45) is 0 Å². The van der Waals surface area contributed by atoms with Crippen LogP contribution in [0.1, 0.15) is 16.8 Å². The molecule has 1 fully saturated rings. The van der Waals surface area contributed by atoms with E-state index in [0.717, 1.165) is 35.2 Å². The summed E-state index contributed by atoms with van der Waals surface area (Å²) in [6.07, 6.45) is 2.46. The van der Waals surface area contributed by atoms with Crippen LogP contribution in [-0.4, -0.2) is 66.0 Å². The van der Waals surface area contributed by atoms with Crippen molar-refractivity contribution in [2.45, 2.75) is 30.8 Å². The van der Waals surface area contributed by atoms with Gasteiger partial charge < -0.3 is 19.4 Å². The van der Waals surface area contributed by atoms with Gasteiger partial charge in [-0.2, -0.15) is 0 Å². The Morgan fingerprint density at radius 1 is 1.00 bits per heavy atom. The number of carbonyl (C=O) groups is 1. The van der Waals surface area contributed by atoms with Crippen LogP contribution < -0.4 is 9.80 Å². The molecule has 0 radical (unpaired) electrons. The zero-order valence-electron chi connectivity index (χ0n) is 23.1. The SMILES string of the molecule is [C-]#[N+]C[C@H]1CN(c2nc(SC)nc3c2CCN(c2cccc4ccccc24)C3)CCN1C(=O)OCc1ccccc1. The third-order valence-corrected chi connectivity index (χ3v) is 8.38. The summed E-state index contributed by atoms with van der Waals surface area (Å²) >= 11 is 1.54. The van der Waals surface area contributed by atoms with Gasteiger partial charge in [-0.15, -0.1) is 0 Å². The number of hydrogen-bond donors (Lipinski definition) is 0. The van der Waals surface area contributed by atoms with Crippen LogP contribution in [0.15, 0.2) is 78.0 Å². The Labute approximate surface area is 244 Å². The lowest BCUT2D eigenvalue weighted by Gasteiger charge is -2.40. The Morgan fingerprint density at radius 3 is 2.63 bits per heavy atom. The van der Waals surface area contributed by atoms with Gasteiger partial charge in [0.1, 0.15) is 18.5 Å². The number of thioether (sulfide) groups is 1. The predicted molar refractivity (Wildman–Crippen MR) is 163 cm³/mol. The Balaban J connectivity index is 1.22. The van der Waals surface area contributed by atoms with Crippen molar-refractivity contribution in [3.8, 4) is 0 Å². The van der Waals surface area contributed by atoms with Gasteiger partial charge in [-0.1, -0.05) is 78.5 Å². The molecule has 0 saturated carbocycles. The number of carbonyl (C=O) groups excluding carboxylic acids is 1. The lowest BCUT2D eigenvalue weighted by Crippen LogP contribution is -2.57. The van der Waals surface area contributed by atoms with E-state index in [9.17, 15) is 4.79 Å². The van der Waals surface area contributed by atoms with E-state index in [0.29, 0.717) is 26.2 Å². The smallest absolute Gasteiger partial charge is 0.410 e. The summed E-state index contributed by atoms with van der Waals surface area (Å²) < 4.78 is 5.63. The van der Waals surface area contributed by atoms with Crippen LogP contribution in [0.25, 0.3) is 15.6 Å². The molecule has 0 spiro atoms. The summed E-state index contributed by atoms with van der Waals surface area (Å²) in [5.74, 6) is 0.934. The van der Waals surface area contributed by atoms with E-state index in [-0.39, 0.29) is 25.3 Å². The Morgan fingerprint density at radius 2 is 1.80 bits per heavy atom. The molecule has 1 atom stereocenters. The first-order valence-electron chi connectivity index (χ1n) is 13.9. The van der Waals surface area contributed by atoms with E-state index in [1.54, 1.807) is 4.90 Å². The first-order chi connectivity index (χ1) is 20.1. The number of nitrogens with zero attached hydrogens (tertiary/aromatic N) is 6. The molecule has 0 unspecified atom stereocenters. The lowest BCUT2D eigenvalue weighted by molar-refractivity contribution is 0.0788. The minimum absolute atomic E-state index is 0.217. The Kier molecular flexibility index (Phi) is 7.92. The topological polar surface area (TPSA) is 66.2 Å². The summed E-state index contributed by atoms with van der Waals surface area (Å²) in [7, 11) is 0. The van der Waals surface area contributed by atoms with E-state index < -0.39 is 0 Å². The highest BCUT2D eigenvalue weighted by atomic mass is 32.2. The highest BCUT2D eigenvalue weighted by Crippen LogP contribution is 2.34. The van der Waals surface area contributed by atoms with Gasteiger partial charge in [-0.05, 0) is 29.7 Å². The molecular formula is C32H32N6O2S. The molecule has 0 N–H and O–H groups in total. The van der Waals surface area contributed by atoms with E-state index in [2.05, 4.69) is 57.1 Å². The summed E-state index contributed by atoms with van der Waals surface area (Å²) in [5.41, 5.74) is 4.38. The normalized spacial score (nSPS) is 16.8. The molecule has 6 rings (SSSR count). The van der Waals surface area contributed by atoms with Gasteiger partial charge in [0, 0.05) is 42.8 Å². The van der Waals surface area contributed by atoms with Crippen molar-refractivity contribution in [3.05, 3.63) is 101 Å². The molecule has 1 aromatic heterocycles. The van der Waals surface area contributed by atoms with Crippen molar-refractivity contribution in [2.75, 3.05) is 48.8 Å². The van der Waals surface area contributed by atoms with E-state index >= 15 is 0 Å². The molecule has 208 valence electrons. The zero-order valence-corrected chi connectivity index (χ0v) is 23.9. The molecule has 2 aliphatic heterocycles. The highest BCUT2D eigenvalue weighted by Gasteiger charge is 2.36.